The predicted octanol–water partition coefficient (Wildman–Crippen LogP) is 0.635. The molecule has 1 atom stereocenters. The molecule has 1 aromatic heterocycles. The summed E-state index contributed by atoms with van der Waals surface area (Å²) in [6.07, 6.45) is 1.86. The molecule has 0 spiro atoms. The SMILES string of the molecule is COC(=O)c1ncsc1S(=O)(=O)NCC1CCCOC1. The minimum absolute atomic E-state index is 0.110. The highest BCUT2D eigenvalue weighted by molar-refractivity contribution is 7.91. The maximum absolute atomic E-state index is 12.2. The van der Waals surface area contributed by atoms with Crippen molar-refractivity contribution in [2.75, 3.05) is 26.9 Å². The number of rotatable bonds is 5. The first-order chi connectivity index (χ1) is 9.54. The third kappa shape index (κ3) is 3.54. The van der Waals surface area contributed by atoms with E-state index >= 15 is 0 Å². The average molecular weight is 320 g/mol. The quantitative estimate of drug-likeness (QED) is 0.800. The van der Waals surface area contributed by atoms with Gasteiger partial charge in [-0.3, -0.25) is 0 Å². The van der Waals surface area contributed by atoms with Crippen molar-refractivity contribution in [3.05, 3.63) is 11.2 Å². The number of nitrogens with zero attached hydrogens (tertiary/aromatic N) is 1. The van der Waals surface area contributed by atoms with Gasteiger partial charge in [-0.25, -0.2) is 22.9 Å². The molecule has 0 aliphatic carbocycles. The maximum atomic E-state index is 12.2. The molecule has 112 valence electrons. The number of sulfonamides is 1. The van der Waals surface area contributed by atoms with Crippen molar-refractivity contribution < 1.29 is 22.7 Å². The zero-order chi connectivity index (χ0) is 14.6. The van der Waals surface area contributed by atoms with Crippen LogP contribution in [0, 0.1) is 5.92 Å². The topological polar surface area (TPSA) is 94.6 Å². The van der Waals surface area contributed by atoms with E-state index in [2.05, 4.69) is 14.4 Å². The summed E-state index contributed by atoms with van der Waals surface area (Å²) in [6, 6.07) is 0. The molecule has 0 saturated carbocycles. The smallest absolute Gasteiger partial charge is 0.358 e. The summed E-state index contributed by atoms with van der Waals surface area (Å²) in [7, 11) is -2.57. The summed E-state index contributed by atoms with van der Waals surface area (Å²) in [5.41, 5.74) is 1.13. The van der Waals surface area contributed by atoms with Gasteiger partial charge in [0.2, 0.25) is 0 Å². The molecule has 1 aromatic rings. The number of thiazole rings is 1. The second-order valence-corrected chi connectivity index (χ2v) is 7.23. The van der Waals surface area contributed by atoms with Crippen LogP contribution in [0.5, 0.6) is 0 Å². The van der Waals surface area contributed by atoms with E-state index in [9.17, 15) is 13.2 Å². The molecule has 0 amide bonds. The number of aromatic nitrogens is 1. The lowest BCUT2D eigenvalue weighted by Gasteiger charge is -2.21. The number of methoxy groups -OCH3 is 1. The summed E-state index contributed by atoms with van der Waals surface area (Å²) in [4.78, 5) is 15.2. The van der Waals surface area contributed by atoms with Gasteiger partial charge in [-0.15, -0.1) is 11.3 Å². The number of carbonyl (C=O) groups excluding carboxylic acids is 1. The fourth-order valence-electron chi connectivity index (χ4n) is 1.92. The molecule has 0 radical (unpaired) electrons. The van der Waals surface area contributed by atoms with E-state index in [0.717, 1.165) is 30.8 Å². The lowest BCUT2D eigenvalue weighted by Crippen LogP contribution is -2.33. The van der Waals surface area contributed by atoms with Crippen LogP contribution >= 0.6 is 11.3 Å². The molecule has 1 N–H and O–H groups in total. The third-order valence-electron chi connectivity index (χ3n) is 2.97. The van der Waals surface area contributed by atoms with Crippen molar-refractivity contribution in [1.82, 2.24) is 9.71 Å². The van der Waals surface area contributed by atoms with Gasteiger partial charge in [-0.2, -0.15) is 0 Å². The molecular formula is C11H16N2O5S2. The van der Waals surface area contributed by atoms with Gasteiger partial charge in [0.1, 0.15) is 0 Å². The maximum Gasteiger partial charge on any atom is 0.358 e. The molecule has 1 saturated heterocycles. The van der Waals surface area contributed by atoms with Crippen molar-refractivity contribution in [3.63, 3.8) is 0 Å². The fraction of sp³-hybridized carbons (Fsp3) is 0.636. The van der Waals surface area contributed by atoms with E-state index in [1.807, 2.05) is 0 Å². The predicted molar refractivity (Wildman–Crippen MR) is 72.2 cm³/mol. The molecule has 20 heavy (non-hydrogen) atoms. The Hall–Kier alpha value is -1.03. The molecule has 1 aliphatic heterocycles. The third-order valence-corrected chi connectivity index (χ3v) is 5.77. The van der Waals surface area contributed by atoms with E-state index in [1.165, 1.54) is 12.6 Å². The van der Waals surface area contributed by atoms with Gasteiger partial charge in [-0.05, 0) is 18.8 Å². The number of carbonyl (C=O) groups is 1. The molecule has 1 fully saturated rings. The van der Waals surface area contributed by atoms with Gasteiger partial charge in [0.25, 0.3) is 10.0 Å². The summed E-state index contributed by atoms with van der Waals surface area (Å²) in [5, 5.41) is 0. The molecule has 1 unspecified atom stereocenters. The zero-order valence-corrected chi connectivity index (χ0v) is 12.6. The molecule has 2 heterocycles. The Kier molecular flexibility index (Phi) is 5.08. The van der Waals surface area contributed by atoms with Gasteiger partial charge in [0, 0.05) is 13.2 Å². The molecular weight excluding hydrogens is 304 g/mol. The van der Waals surface area contributed by atoms with Crippen LogP contribution in [0.4, 0.5) is 0 Å². The number of ether oxygens (including phenoxy) is 2. The number of nitrogens with one attached hydrogen (secondary N) is 1. The molecule has 9 heteroatoms. The van der Waals surface area contributed by atoms with E-state index in [1.54, 1.807) is 0 Å². The van der Waals surface area contributed by atoms with E-state index in [0.29, 0.717) is 13.2 Å². The van der Waals surface area contributed by atoms with Crippen LogP contribution in [-0.4, -0.2) is 46.2 Å². The molecule has 7 nitrogen and oxygen atoms in total. The Morgan fingerprint density at radius 3 is 3.10 bits per heavy atom. The molecule has 0 aromatic carbocycles. The van der Waals surface area contributed by atoms with Crippen molar-refractivity contribution >= 4 is 27.3 Å². The van der Waals surface area contributed by atoms with Crippen molar-refractivity contribution in [2.45, 2.75) is 17.1 Å². The highest BCUT2D eigenvalue weighted by Gasteiger charge is 2.27. The highest BCUT2D eigenvalue weighted by atomic mass is 32.2. The Morgan fingerprint density at radius 1 is 1.65 bits per heavy atom. The largest absolute Gasteiger partial charge is 0.464 e. The van der Waals surface area contributed by atoms with Crippen LogP contribution in [0.2, 0.25) is 0 Å². The van der Waals surface area contributed by atoms with Crippen LogP contribution in [0.1, 0.15) is 23.3 Å². The van der Waals surface area contributed by atoms with E-state index in [4.69, 9.17) is 4.74 Å². The molecule has 1 aliphatic rings. The van der Waals surface area contributed by atoms with Gasteiger partial charge in [0.15, 0.2) is 9.90 Å². The van der Waals surface area contributed by atoms with Gasteiger partial charge >= 0.3 is 5.97 Å². The lowest BCUT2D eigenvalue weighted by atomic mass is 10.0. The summed E-state index contributed by atoms with van der Waals surface area (Å²) in [5.74, 6) is -0.597. The first-order valence-corrected chi connectivity index (χ1v) is 8.50. The highest BCUT2D eigenvalue weighted by Crippen LogP contribution is 2.21. The Morgan fingerprint density at radius 2 is 2.45 bits per heavy atom. The van der Waals surface area contributed by atoms with Crippen LogP contribution in [0.3, 0.4) is 0 Å². The molecule has 2 rings (SSSR count). The zero-order valence-electron chi connectivity index (χ0n) is 11.0. The summed E-state index contributed by atoms with van der Waals surface area (Å²) < 4.78 is 36.6. The number of hydrogen-bond acceptors (Lipinski definition) is 7. The van der Waals surface area contributed by atoms with Crippen molar-refractivity contribution in [2.24, 2.45) is 5.92 Å². The average Bonchev–Trinajstić information content (AvgIpc) is 2.96. The summed E-state index contributed by atoms with van der Waals surface area (Å²) in [6.45, 7) is 1.57. The second-order valence-electron chi connectivity index (χ2n) is 4.42. The van der Waals surface area contributed by atoms with Gasteiger partial charge in [0.05, 0.1) is 19.2 Å². The molecule has 0 bridgehead atoms. The first-order valence-electron chi connectivity index (χ1n) is 6.14. The Labute approximate surface area is 121 Å². The van der Waals surface area contributed by atoms with Crippen molar-refractivity contribution in [3.8, 4) is 0 Å². The Bertz CT molecular complexity index is 563. The number of hydrogen-bond donors (Lipinski definition) is 1. The standard InChI is InChI=1S/C11H16N2O5S2/c1-17-10(14)9-11(19-7-12-9)20(15,16)13-5-8-3-2-4-18-6-8/h7-8,13H,2-6H2,1H3. The Balaban J connectivity index is 2.06. The van der Waals surface area contributed by atoms with E-state index in [-0.39, 0.29) is 15.8 Å². The van der Waals surface area contributed by atoms with Crippen LogP contribution in [0.25, 0.3) is 0 Å². The normalized spacial score (nSPS) is 19.8. The van der Waals surface area contributed by atoms with E-state index < -0.39 is 16.0 Å². The van der Waals surface area contributed by atoms with Gasteiger partial charge < -0.3 is 9.47 Å². The van der Waals surface area contributed by atoms with Crippen LogP contribution < -0.4 is 4.72 Å². The first kappa shape index (κ1) is 15.4. The van der Waals surface area contributed by atoms with Crippen LogP contribution in [-0.2, 0) is 19.5 Å². The second kappa shape index (κ2) is 6.61. The fourth-order valence-corrected chi connectivity index (χ4v) is 4.21. The monoisotopic (exact) mass is 320 g/mol. The summed E-state index contributed by atoms with van der Waals surface area (Å²) >= 11 is 0.893. The van der Waals surface area contributed by atoms with Crippen LogP contribution in [0.15, 0.2) is 9.72 Å². The lowest BCUT2D eigenvalue weighted by molar-refractivity contribution is 0.0566. The minimum Gasteiger partial charge on any atom is -0.464 e. The minimum atomic E-state index is -3.75. The number of esters is 1. The van der Waals surface area contributed by atoms with Crippen molar-refractivity contribution in [1.29, 1.82) is 0 Å². The van der Waals surface area contributed by atoms with Gasteiger partial charge in [-0.1, -0.05) is 0 Å².